The lowest BCUT2D eigenvalue weighted by atomic mass is 10.2. The summed E-state index contributed by atoms with van der Waals surface area (Å²) >= 11 is 0. The van der Waals surface area contributed by atoms with Crippen LogP contribution in [0.4, 0.5) is 0 Å². The number of benzene rings is 1. The van der Waals surface area contributed by atoms with Gasteiger partial charge in [-0.1, -0.05) is 18.2 Å². The van der Waals surface area contributed by atoms with Gasteiger partial charge in [0.05, 0.1) is 11.7 Å². The molecule has 2 heterocycles. The quantitative estimate of drug-likeness (QED) is 0.540. The van der Waals surface area contributed by atoms with Crippen LogP contribution in [0.3, 0.4) is 0 Å². The smallest absolute Gasteiger partial charge is 0.155 e. The van der Waals surface area contributed by atoms with Gasteiger partial charge in [0.15, 0.2) is 5.82 Å². The summed E-state index contributed by atoms with van der Waals surface area (Å²) in [6, 6.07) is 11.5. The second-order valence-corrected chi connectivity index (χ2v) is 4.38. The number of para-hydroxylation sites is 1. The standard InChI is InChI=1S/C14H13N5/c1-9-6-11(14(15)16)7-13(18-9)19-12-5-3-2-4-10(12)8-17-19/h2-8H,1H3,(H3,15,16). The first-order valence-electron chi connectivity index (χ1n) is 5.91. The van der Waals surface area contributed by atoms with E-state index < -0.39 is 0 Å². The number of nitrogens with zero attached hydrogens (tertiary/aromatic N) is 3. The van der Waals surface area contributed by atoms with Crippen LogP contribution in [0.15, 0.2) is 42.6 Å². The van der Waals surface area contributed by atoms with Crippen molar-refractivity contribution in [2.75, 3.05) is 0 Å². The second kappa shape index (κ2) is 4.20. The third-order valence-corrected chi connectivity index (χ3v) is 2.95. The molecule has 0 spiro atoms. The minimum atomic E-state index is 0.0308. The van der Waals surface area contributed by atoms with Crippen molar-refractivity contribution >= 4 is 16.7 Å². The van der Waals surface area contributed by atoms with Gasteiger partial charge < -0.3 is 5.73 Å². The molecule has 3 rings (SSSR count). The van der Waals surface area contributed by atoms with E-state index in [1.807, 2.05) is 31.2 Å². The van der Waals surface area contributed by atoms with Crippen LogP contribution < -0.4 is 5.73 Å². The average molecular weight is 251 g/mol. The van der Waals surface area contributed by atoms with Gasteiger partial charge in [-0.3, -0.25) is 5.41 Å². The lowest BCUT2D eigenvalue weighted by Gasteiger charge is -2.06. The van der Waals surface area contributed by atoms with Crippen LogP contribution in [-0.4, -0.2) is 20.6 Å². The molecule has 0 saturated carbocycles. The van der Waals surface area contributed by atoms with Crippen LogP contribution in [0.5, 0.6) is 0 Å². The number of nitrogens with one attached hydrogen (secondary N) is 1. The molecule has 0 aliphatic heterocycles. The molecule has 0 atom stereocenters. The first kappa shape index (κ1) is 11.4. The summed E-state index contributed by atoms with van der Waals surface area (Å²) in [5.74, 6) is 0.703. The lowest BCUT2D eigenvalue weighted by molar-refractivity contribution is 0.866. The Hall–Kier alpha value is -2.69. The van der Waals surface area contributed by atoms with Crippen molar-refractivity contribution in [3.05, 3.63) is 53.9 Å². The molecule has 0 radical (unpaired) electrons. The average Bonchev–Trinajstić information content (AvgIpc) is 2.81. The van der Waals surface area contributed by atoms with E-state index in [1.165, 1.54) is 0 Å². The zero-order valence-electron chi connectivity index (χ0n) is 10.5. The Morgan fingerprint density at radius 2 is 2.05 bits per heavy atom. The number of hydrogen-bond donors (Lipinski definition) is 2. The van der Waals surface area contributed by atoms with E-state index in [2.05, 4.69) is 10.1 Å². The van der Waals surface area contributed by atoms with Crippen molar-refractivity contribution in [3.8, 4) is 5.82 Å². The number of rotatable bonds is 2. The molecule has 0 unspecified atom stereocenters. The van der Waals surface area contributed by atoms with Crippen LogP contribution in [0.2, 0.25) is 0 Å². The Morgan fingerprint density at radius 3 is 2.84 bits per heavy atom. The largest absolute Gasteiger partial charge is 0.384 e. The van der Waals surface area contributed by atoms with Gasteiger partial charge in [-0.2, -0.15) is 5.10 Å². The van der Waals surface area contributed by atoms with Gasteiger partial charge in [-0.15, -0.1) is 0 Å². The molecule has 3 aromatic rings. The van der Waals surface area contributed by atoms with Gasteiger partial charge in [0, 0.05) is 16.6 Å². The van der Waals surface area contributed by atoms with Crippen molar-refractivity contribution < 1.29 is 0 Å². The molecule has 1 aromatic carbocycles. The molecule has 0 fully saturated rings. The van der Waals surface area contributed by atoms with Gasteiger partial charge in [0.2, 0.25) is 0 Å². The molecule has 94 valence electrons. The highest BCUT2D eigenvalue weighted by molar-refractivity contribution is 5.95. The minimum absolute atomic E-state index is 0.0308. The first-order valence-corrected chi connectivity index (χ1v) is 5.91. The molecule has 19 heavy (non-hydrogen) atoms. The normalized spacial score (nSPS) is 10.8. The molecule has 5 heteroatoms. The van der Waals surface area contributed by atoms with E-state index in [-0.39, 0.29) is 5.84 Å². The zero-order valence-corrected chi connectivity index (χ0v) is 10.5. The fourth-order valence-electron chi connectivity index (χ4n) is 2.07. The Labute approximate surface area is 110 Å². The van der Waals surface area contributed by atoms with Crippen LogP contribution >= 0.6 is 0 Å². The van der Waals surface area contributed by atoms with Crippen molar-refractivity contribution in [1.82, 2.24) is 14.8 Å². The van der Waals surface area contributed by atoms with Crippen LogP contribution in [0.25, 0.3) is 16.7 Å². The van der Waals surface area contributed by atoms with Crippen molar-refractivity contribution in [1.29, 1.82) is 5.41 Å². The Morgan fingerprint density at radius 1 is 1.26 bits per heavy atom. The van der Waals surface area contributed by atoms with E-state index in [0.717, 1.165) is 16.6 Å². The highest BCUT2D eigenvalue weighted by atomic mass is 15.3. The first-order chi connectivity index (χ1) is 9.15. The number of nitrogens with two attached hydrogens (primary N) is 1. The number of hydrogen-bond acceptors (Lipinski definition) is 3. The number of aryl methyl sites for hydroxylation is 1. The molecule has 0 amide bonds. The van der Waals surface area contributed by atoms with E-state index >= 15 is 0 Å². The van der Waals surface area contributed by atoms with Gasteiger partial charge in [0.25, 0.3) is 0 Å². The predicted molar refractivity (Wildman–Crippen MR) is 74.6 cm³/mol. The topological polar surface area (TPSA) is 80.6 Å². The molecule has 0 saturated heterocycles. The third kappa shape index (κ3) is 1.95. The molecule has 2 aromatic heterocycles. The van der Waals surface area contributed by atoms with Crippen LogP contribution in [-0.2, 0) is 0 Å². The Bertz CT molecular complexity index is 772. The third-order valence-electron chi connectivity index (χ3n) is 2.95. The number of nitrogen functional groups attached to an aromatic ring is 1. The summed E-state index contributed by atoms with van der Waals surface area (Å²) in [7, 11) is 0. The Balaban J connectivity index is 2.24. The molecule has 5 nitrogen and oxygen atoms in total. The van der Waals surface area contributed by atoms with Gasteiger partial charge >= 0.3 is 0 Å². The fourth-order valence-corrected chi connectivity index (χ4v) is 2.07. The van der Waals surface area contributed by atoms with Crippen LogP contribution in [0.1, 0.15) is 11.3 Å². The maximum Gasteiger partial charge on any atom is 0.155 e. The summed E-state index contributed by atoms with van der Waals surface area (Å²) in [6.45, 7) is 1.88. The van der Waals surface area contributed by atoms with E-state index in [1.54, 1.807) is 23.0 Å². The molecule has 0 aliphatic carbocycles. The lowest BCUT2D eigenvalue weighted by Crippen LogP contribution is -2.13. The highest BCUT2D eigenvalue weighted by Gasteiger charge is 2.08. The highest BCUT2D eigenvalue weighted by Crippen LogP contribution is 2.17. The maximum atomic E-state index is 7.54. The summed E-state index contributed by atoms with van der Waals surface area (Å²) in [6.07, 6.45) is 1.80. The van der Waals surface area contributed by atoms with Crippen molar-refractivity contribution in [2.45, 2.75) is 6.92 Å². The maximum absolute atomic E-state index is 7.54. The van der Waals surface area contributed by atoms with E-state index in [9.17, 15) is 0 Å². The zero-order chi connectivity index (χ0) is 13.4. The van der Waals surface area contributed by atoms with Crippen molar-refractivity contribution in [2.24, 2.45) is 5.73 Å². The number of fused-ring (bicyclic) bond motifs is 1. The van der Waals surface area contributed by atoms with E-state index in [4.69, 9.17) is 11.1 Å². The summed E-state index contributed by atoms with van der Waals surface area (Å²) in [5.41, 5.74) is 7.99. The van der Waals surface area contributed by atoms with Crippen LogP contribution in [0, 0.1) is 12.3 Å². The van der Waals surface area contributed by atoms with E-state index in [0.29, 0.717) is 11.4 Å². The van der Waals surface area contributed by atoms with Gasteiger partial charge in [0.1, 0.15) is 5.84 Å². The monoisotopic (exact) mass is 251 g/mol. The number of aromatic nitrogens is 3. The molecule has 0 aliphatic rings. The predicted octanol–water partition coefficient (Wildman–Crippen LogP) is 2.01. The molecule has 0 bridgehead atoms. The van der Waals surface area contributed by atoms with Crippen molar-refractivity contribution in [3.63, 3.8) is 0 Å². The fraction of sp³-hybridized carbons (Fsp3) is 0.0714. The summed E-state index contributed by atoms with van der Waals surface area (Å²) in [4.78, 5) is 4.46. The second-order valence-electron chi connectivity index (χ2n) is 4.38. The SMILES string of the molecule is Cc1cc(C(=N)N)cc(-n2ncc3ccccc32)n1. The number of amidine groups is 1. The summed E-state index contributed by atoms with van der Waals surface area (Å²) in [5, 5.41) is 12.9. The number of pyridine rings is 1. The molecular weight excluding hydrogens is 238 g/mol. The summed E-state index contributed by atoms with van der Waals surface area (Å²) < 4.78 is 1.76. The molecule has 3 N–H and O–H groups in total. The van der Waals surface area contributed by atoms with Gasteiger partial charge in [-0.05, 0) is 25.1 Å². The minimum Gasteiger partial charge on any atom is -0.384 e. The van der Waals surface area contributed by atoms with Gasteiger partial charge in [-0.25, -0.2) is 9.67 Å². The molecular formula is C14H13N5. The Kier molecular flexibility index (Phi) is 2.52.